The number of halogens is 2. The summed E-state index contributed by atoms with van der Waals surface area (Å²) in [5.74, 6) is -0.281. The average Bonchev–Trinajstić information content (AvgIpc) is 2.85. The van der Waals surface area contributed by atoms with Gasteiger partial charge in [0, 0.05) is 47.5 Å². The van der Waals surface area contributed by atoms with E-state index in [2.05, 4.69) is 22.2 Å². The van der Waals surface area contributed by atoms with E-state index in [0.717, 1.165) is 43.3 Å². The highest BCUT2D eigenvalue weighted by atomic mass is 35.5. The highest BCUT2D eigenvalue weighted by molar-refractivity contribution is 6.31. The minimum Gasteiger partial charge on any atom is -0.495 e. The molecule has 184 valence electrons. The number of amides is 1. The zero-order valence-corrected chi connectivity index (χ0v) is 21.0. The molecule has 0 saturated carbocycles. The molecule has 4 rings (SSSR count). The number of carboxylic acids is 1. The van der Waals surface area contributed by atoms with Crippen LogP contribution in [0.25, 0.3) is 0 Å². The summed E-state index contributed by atoms with van der Waals surface area (Å²) in [5, 5.41) is 12.5. The Bertz CT molecular complexity index is 1150. The van der Waals surface area contributed by atoms with Crippen molar-refractivity contribution >= 4 is 46.5 Å². The third kappa shape index (κ3) is 7.62. The number of hydrogen-bond donors (Lipinski definition) is 2. The van der Waals surface area contributed by atoms with Gasteiger partial charge in [-0.15, -0.1) is 0 Å². The molecule has 9 heteroatoms. The first kappa shape index (κ1) is 26.3. The second-order valence-corrected chi connectivity index (χ2v) is 8.82. The van der Waals surface area contributed by atoms with E-state index in [0.29, 0.717) is 15.6 Å². The number of nitrogens with zero attached hydrogens (tertiary/aromatic N) is 2. The molecular formula is C26H27Cl2N3O4. The number of likely N-dealkylation sites (N-methyl/N-ethyl adjacent to an activating group) is 1. The van der Waals surface area contributed by atoms with Crippen LogP contribution in [-0.2, 0) is 0 Å². The third-order valence-electron chi connectivity index (χ3n) is 5.48. The van der Waals surface area contributed by atoms with E-state index >= 15 is 0 Å². The number of aromatic carboxylic acids is 1. The summed E-state index contributed by atoms with van der Waals surface area (Å²) in [4.78, 5) is 27.3. The zero-order valence-electron chi connectivity index (χ0n) is 19.5. The number of anilines is 2. The summed E-state index contributed by atoms with van der Waals surface area (Å²) in [6, 6.07) is 18.6. The summed E-state index contributed by atoms with van der Waals surface area (Å²) >= 11 is 11.4. The molecule has 1 saturated heterocycles. The zero-order chi connectivity index (χ0) is 25.4. The SMILES string of the molecule is COc1ccc(NC(=O)c2ccc(Cl)cc2)cc1N1CCN(C)CC1.O=C(O)c1ccc(Cl)cc1. The Morgan fingerprint density at radius 2 is 1.40 bits per heavy atom. The lowest BCUT2D eigenvalue weighted by Gasteiger charge is -2.34. The number of ether oxygens (including phenoxy) is 1. The molecule has 2 N–H and O–H groups in total. The molecule has 7 nitrogen and oxygen atoms in total. The van der Waals surface area contributed by atoms with Crippen LogP contribution in [0.2, 0.25) is 10.0 Å². The van der Waals surface area contributed by atoms with Crippen LogP contribution in [0.4, 0.5) is 11.4 Å². The van der Waals surface area contributed by atoms with Crippen LogP contribution >= 0.6 is 23.2 Å². The van der Waals surface area contributed by atoms with Crippen LogP contribution < -0.4 is 15.0 Å². The van der Waals surface area contributed by atoms with Crippen molar-refractivity contribution in [1.29, 1.82) is 0 Å². The number of benzene rings is 3. The first-order chi connectivity index (χ1) is 16.8. The van der Waals surface area contributed by atoms with Crippen molar-refractivity contribution in [3.8, 4) is 5.75 Å². The lowest BCUT2D eigenvalue weighted by atomic mass is 10.2. The van der Waals surface area contributed by atoms with E-state index in [1.54, 1.807) is 43.5 Å². The first-order valence-corrected chi connectivity index (χ1v) is 11.7. The van der Waals surface area contributed by atoms with Gasteiger partial charge in [0.1, 0.15) is 5.75 Å². The van der Waals surface area contributed by atoms with Crippen molar-refractivity contribution in [2.24, 2.45) is 0 Å². The molecule has 1 amide bonds. The fourth-order valence-electron chi connectivity index (χ4n) is 3.46. The summed E-state index contributed by atoms with van der Waals surface area (Å²) in [7, 11) is 3.79. The average molecular weight is 516 g/mol. The van der Waals surface area contributed by atoms with E-state index in [1.165, 1.54) is 12.1 Å². The number of piperazine rings is 1. The van der Waals surface area contributed by atoms with Gasteiger partial charge < -0.3 is 25.0 Å². The van der Waals surface area contributed by atoms with Gasteiger partial charge in [-0.3, -0.25) is 4.79 Å². The first-order valence-electron chi connectivity index (χ1n) is 10.9. The normalized spacial score (nSPS) is 13.4. The van der Waals surface area contributed by atoms with Crippen LogP contribution in [-0.4, -0.2) is 62.2 Å². The molecule has 0 atom stereocenters. The Morgan fingerprint density at radius 3 is 1.91 bits per heavy atom. The van der Waals surface area contributed by atoms with Gasteiger partial charge in [-0.25, -0.2) is 4.79 Å². The van der Waals surface area contributed by atoms with Crippen LogP contribution in [0.15, 0.2) is 66.7 Å². The lowest BCUT2D eigenvalue weighted by Crippen LogP contribution is -2.44. The molecule has 35 heavy (non-hydrogen) atoms. The van der Waals surface area contributed by atoms with E-state index in [4.69, 9.17) is 33.0 Å². The van der Waals surface area contributed by atoms with Gasteiger partial charge in [0.05, 0.1) is 18.4 Å². The third-order valence-corrected chi connectivity index (χ3v) is 5.98. The Morgan fingerprint density at radius 1 is 0.857 bits per heavy atom. The summed E-state index contributed by atoms with van der Waals surface area (Å²) < 4.78 is 5.50. The van der Waals surface area contributed by atoms with Crippen LogP contribution in [0.5, 0.6) is 5.75 Å². The quantitative estimate of drug-likeness (QED) is 0.473. The molecule has 1 aliphatic heterocycles. The van der Waals surface area contributed by atoms with Crippen molar-refractivity contribution in [1.82, 2.24) is 4.90 Å². The smallest absolute Gasteiger partial charge is 0.335 e. The second-order valence-electron chi connectivity index (χ2n) is 7.95. The van der Waals surface area contributed by atoms with Gasteiger partial charge in [0.2, 0.25) is 0 Å². The van der Waals surface area contributed by atoms with Gasteiger partial charge in [-0.2, -0.15) is 0 Å². The van der Waals surface area contributed by atoms with E-state index < -0.39 is 5.97 Å². The predicted octanol–water partition coefficient (Wildman–Crippen LogP) is 5.39. The predicted molar refractivity (Wildman–Crippen MR) is 141 cm³/mol. The van der Waals surface area contributed by atoms with E-state index in [1.807, 2.05) is 18.2 Å². The Labute approximate surface area is 214 Å². The molecule has 0 radical (unpaired) electrons. The molecule has 0 spiro atoms. The van der Waals surface area contributed by atoms with Crippen molar-refractivity contribution in [2.75, 3.05) is 50.6 Å². The minimum atomic E-state index is -0.934. The van der Waals surface area contributed by atoms with Crippen molar-refractivity contribution in [3.05, 3.63) is 87.9 Å². The van der Waals surface area contributed by atoms with E-state index in [9.17, 15) is 9.59 Å². The Kier molecular flexibility index (Phi) is 9.37. The largest absolute Gasteiger partial charge is 0.495 e. The molecule has 3 aromatic carbocycles. The fraction of sp³-hybridized carbons (Fsp3) is 0.231. The van der Waals surface area contributed by atoms with Gasteiger partial charge in [-0.1, -0.05) is 23.2 Å². The minimum absolute atomic E-state index is 0.161. The van der Waals surface area contributed by atoms with Gasteiger partial charge in [-0.05, 0) is 73.8 Å². The molecule has 0 aromatic heterocycles. The maximum atomic E-state index is 12.4. The standard InChI is InChI=1S/C19H22ClN3O2.C7H5ClO2/c1-22-9-11-23(12-10-22)17-13-16(7-8-18(17)25-2)21-19(24)14-3-5-15(20)6-4-14;8-6-3-1-5(2-4-6)7(9)10/h3-8,13H,9-12H2,1-2H3,(H,21,24);1-4H,(H,9,10). The second kappa shape index (κ2) is 12.4. The monoisotopic (exact) mass is 515 g/mol. The molecule has 0 unspecified atom stereocenters. The van der Waals surface area contributed by atoms with Gasteiger partial charge in [0.15, 0.2) is 0 Å². The van der Waals surface area contributed by atoms with Crippen molar-refractivity contribution < 1.29 is 19.4 Å². The highest BCUT2D eigenvalue weighted by Crippen LogP contribution is 2.32. The number of methoxy groups -OCH3 is 1. The number of nitrogens with one attached hydrogen (secondary N) is 1. The van der Waals surface area contributed by atoms with Crippen LogP contribution in [0.1, 0.15) is 20.7 Å². The van der Waals surface area contributed by atoms with E-state index in [-0.39, 0.29) is 11.5 Å². The lowest BCUT2D eigenvalue weighted by molar-refractivity contribution is 0.0696. The summed E-state index contributed by atoms with van der Waals surface area (Å²) in [5.41, 5.74) is 2.57. The highest BCUT2D eigenvalue weighted by Gasteiger charge is 2.18. The number of hydrogen-bond acceptors (Lipinski definition) is 5. The maximum absolute atomic E-state index is 12.4. The topological polar surface area (TPSA) is 82.1 Å². The molecule has 1 heterocycles. The maximum Gasteiger partial charge on any atom is 0.335 e. The van der Waals surface area contributed by atoms with Gasteiger partial charge in [0.25, 0.3) is 5.91 Å². The molecule has 1 fully saturated rings. The molecule has 1 aliphatic rings. The Hall–Kier alpha value is -3.26. The molecular weight excluding hydrogens is 489 g/mol. The molecule has 0 aliphatic carbocycles. The number of carboxylic acid groups (broad SMARTS) is 1. The molecule has 3 aromatic rings. The summed E-state index contributed by atoms with van der Waals surface area (Å²) in [6.45, 7) is 3.87. The number of carbonyl (C=O) groups is 2. The van der Waals surface area contributed by atoms with Crippen molar-refractivity contribution in [2.45, 2.75) is 0 Å². The number of rotatable bonds is 5. The van der Waals surface area contributed by atoms with Crippen LogP contribution in [0.3, 0.4) is 0 Å². The summed E-state index contributed by atoms with van der Waals surface area (Å²) in [6.07, 6.45) is 0. The Balaban J connectivity index is 0.000000287. The van der Waals surface area contributed by atoms with Crippen LogP contribution in [0, 0.1) is 0 Å². The number of carbonyl (C=O) groups excluding carboxylic acids is 1. The van der Waals surface area contributed by atoms with Gasteiger partial charge >= 0.3 is 5.97 Å². The molecule has 0 bridgehead atoms. The fourth-order valence-corrected chi connectivity index (χ4v) is 3.71. The van der Waals surface area contributed by atoms with Crippen molar-refractivity contribution in [3.63, 3.8) is 0 Å².